The average Bonchev–Trinajstić information content (AvgIpc) is 2.17. The number of rotatable bonds is 1. The first kappa shape index (κ1) is 8.81. The monoisotopic (exact) mass is 177 g/mol. The van der Waals surface area contributed by atoms with E-state index in [1.807, 2.05) is 0 Å². The van der Waals surface area contributed by atoms with Crippen LogP contribution in [0, 0.1) is 11.8 Å². The van der Waals surface area contributed by atoms with Gasteiger partial charge in [-0.05, 0) is 25.2 Å². The van der Waals surface area contributed by atoms with E-state index < -0.39 is 5.97 Å². The van der Waals surface area contributed by atoms with Gasteiger partial charge in [-0.15, -0.1) is 12.4 Å². The smallest absolute Gasteiger partial charge is 0.306 e. The summed E-state index contributed by atoms with van der Waals surface area (Å²) in [7, 11) is 0. The van der Waals surface area contributed by atoms with Gasteiger partial charge in [0.15, 0.2) is 0 Å². The topological polar surface area (TPSA) is 63.3 Å². The highest BCUT2D eigenvalue weighted by Gasteiger charge is 2.56. The Balaban J connectivity index is 0.000000605. The standard InChI is InChI=1S/C7H11NO2.ClH/c8-7-1-4(2-7)5(3-7)6(9)10;/h4-5H,1-3,8H2,(H,9,10);1H. The molecule has 0 heterocycles. The molecule has 0 spiro atoms. The van der Waals surface area contributed by atoms with Gasteiger partial charge >= 0.3 is 5.97 Å². The van der Waals surface area contributed by atoms with Gasteiger partial charge in [0.25, 0.3) is 0 Å². The SMILES string of the molecule is Cl.NC12CC(C1)C(C(=O)O)C2. The van der Waals surface area contributed by atoms with Crippen molar-refractivity contribution in [2.45, 2.75) is 24.8 Å². The minimum Gasteiger partial charge on any atom is -0.481 e. The van der Waals surface area contributed by atoms with Crippen LogP contribution in [0.15, 0.2) is 0 Å². The number of hydrogen-bond donors (Lipinski definition) is 2. The highest BCUT2D eigenvalue weighted by molar-refractivity contribution is 5.85. The van der Waals surface area contributed by atoms with Gasteiger partial charge in [0, 0.05) is 5.54 Å². The fourth-order valence-electron chi connectivity index (χ4n) is 2.33. The Bertz CT molecular complexity index is 189. The van der Waals surface area contributed by atoms with Crippen LogP contribution in [0.2, 0.25) is 0 Å². The zero-order chi connectivity index (χ0) is 7.35. The maximum Gasteiger partial charge on any atom is 0.306 e. The van der Waals surface area contributed by atoms with Gasteiger partial charge in [-0.3, -0.25) is 4.79 Å². The van der Waals surface area contributed by atoms with E-state index in [0.29, 0.717) is 12.3 Å². The maximum atomic E-state index is 10.5. The van der Waals surface area contributed by atoms with E-state index in [0.717, 1.165) is 12.8 Å². The van der Waals surface area contributed by atoms with E-state index >= 15 is 0 Å². The maximum absolute atomic E-state index is 10.5. The molecule has 0 aromatic carbocycles. The Kier molecular flexibility index (Phi) is 1.89. The average molecular weight is 178 g/mol. The first-order chi connectivity index (χ1) is 4.61. The summed E-state index contributed by atoms with van der Waals surface area (Å²) in [5.41, 5.74) is 5.72. The van der Waals surface area contributed by atoms with Crippen LogP contribution >= 0.6 is 12.4 Å². The third-order valence-electron chi connectivity index (χ3n) is 2.85. The van der Waals surface area contributed by atoms with E-state index in [1.54, 1.807) is 0 Å². The van der Waals surface area contributed by atoms with Crippen molar-refractivity contribution in [3.63, 3.8) is 0 Å². The molecule has 11 heavy (non-hydrogen) atoms. The molecule has 1 unspecified atom stereocenters. The zero-order valence-corrected chi connectivity index (χ0v) is 6.93. The largest absolute Gasteiger partial charge is 0.481 e. The Labute approximate surface area is 71.4 Å². The number of carboxylic acid groups (broad SMARTS) is 1. The fraction of sp³-hybridized carbons (Fsp3) is 0.857. The van der Waals surface area contributed by atoms with Crippen LogP contribution in [0.5, 0.6) is 0 Å². The predicted octanol–water partition coefficient (Wildman–Crippen LogP) is 0.620. The molecule has 3 aliphatic rings. The van der Waals surface area contributed by atoms with Crippen LogP contribution in [0.25, 0.3) is 0 Å². The van der Waals surface area contributed by atoms with Crippen LogP contribution in [0.1, 0.15) is 19.3 Å². The zero-order valence-electron chi connectivity index (χ0n) is 6.12. The Morgan fingerprint density at radius 1 is 1.45 bits per heavy atom. The minimum absolute atomic E-state index is 0. The lowest BCUT2D eigenvalue weighted by Gasteiger charge is -2.34. The second kappa shape index (κ2) is 2.35. The summed E-state index contributed by atoms with van der Waals surface area (Å²) in [4.78, 5) is 10.5. The van der Waals surface area contributed by atoms with Gasteiger partial charge in [0.05, 0.1) is 5.92 Å². The third kappa shape index (κ3) is 1.12. The van der Waals surface area contributed by atoms with Gasteiger partial charge in [-0.1, -0.05) is 0 Å². The quantitative estimate of drug-likeness (QED) is 0.617. The van der Waals surface area contributed by atoms with Crippen LogP contribution < -0.4 is 5.73 Å². The summed E-state index contributed by atoms with van der Waals surface area (Å²) in [5.74, 6) is -0.401. The van der Waals surface area contributed by atoms with Crippen LogP contribution in [-0.2, 0) is 4.79 Å². The predicted molar refractivity (Wildman–Crippen MR) is 42.6 cm³/mol. The van der Waals surface area contributed by atoms with Crippen molar-refractivity contribution in [1.29, 1.82) is 0 Å². The number of carboxylic acids is 1. The summed E-state index contributed by atoms with van der Waals surface area (Å²) < 4.78 is 0. The summed E-state index contributed by atoms with van der Waals surface area (Å²) in [6.45, 7) is 0. The number of nitrogens with two attached hydrogens (primary N) is 1. The molecule has 64 valence electrons. The minimum atomic E-state index is -0.658. The van der Waals surface area contributed by atoms with E-state index in [2.05, 4.69) is 0 Å². The second-order valence-electron chi connectivity index (χ2n) is 3.68. The molecule has 0 amide bonds. The van der Waals surface area contributed by atoms with E-state index in [1.165, 1.54) is 0 Å². The number of fused-ring (bicyclic) bond motifs is 1. The molecular formula is C7H12ClNO2. The second-order valence-corrected chi connectivity index (χ2v) is 3.68. The molecule has 3 saturated carbocycles. The molecule has 3 rings (SSSR count). The van der Waals surface area contributed by atoms with Gasteiger partial charge in [-0.25, -0.2) is 0 Å². The molecule has 4 heteroatoms. The van der Waals surface area contributed by atoms with Crippen LogP contribution in [-0.4, -0.2) is 16.6 Å². The first-order valence-electron chi connectivity index (χ1n) is 3.62. The summed E-state index contributed by atoms with van der Waals surface area (Å²) in [6, 6.07) is 0. The van der Waals surface area contributed by atoms with E-state index in [9.17, 15) is 4.79 Å². The molecule has 1 atom stereocenters. The molecule has 0 aromatic rings. The molecule has 0 aromatic heterocycles. The Morgan fingerprint density at radius 3 is 2.18 bits per heavy atom. The van der Waals surface area contributed by atoms with Gasteiger partial charge in [0.2, 0.25) is 0 Å². The van der Waals surface area contributed by atoms with E-state index in [-0.39, 0.29) is 23.9 Å². The molecule has 3 nitrogen and oxygen atoms in total. The van der Waals surface area contributed by atoms with Crippen molar-refractivity contribution >= 4 is 18.4 Å². The lowest BCUT2D eigenvalue weighted by molar-refractivity contribution is -0.142. The summed E-state index contributed by atoms with van der Waals surface area (Å²) >= 11 is 0. The molecule has 3 fully saturated rings. The number of aliphatic carboxylic acids is 1. The first-order valence-corrected chi connectivity index (χ1v) is 3.62. The molecule has 0 radical (unpaired) electrons. The lowest BCUT2D eigenvalue weighted by Crippen LogP contribution is -2.44. The van der Waals surface area contributed by atoms with Crippen molar-refractivity contribution in [3.8, 4) is 0 Å². The lowest BCUT2D eigenvalue weighted by atomic mass is 9.77. The Hall–Kier alpha value is -0.280. The highest BCUT2D eigenvalue weighted by Crippen LogP contribution is 2.53. The number of hydrogen-bond acceptors (Lipinski definition) is 2. The van der Waals surface area contributed by atoms with Gasteiger partial charge in [-0.2, -0.15) is 0 Å². The fourth-order valence-corrected chi connectivity index (χ4v) is 2.33. The van der Waals surface area contributed by atoms with Crippen LogP contribution in [0.4, 0.5) is 0 Å². The molecular weight excluding hydrogens is 166 g/mol. The normalized spacial score (nSPS) is 45.9. The van der Waals surface area contributed by atoms with Crippen molar-refractivity contribution in [3.05, 3.63) is 0 Å². The third-order valence-corrected chi connectivity index (χ3v) is 2.85. The molecule has 3 aliphatic carbocycles. The van der Waals surface area contributed by atoms with Crippen molar-refractivity contribution in [1.82, 2.24) is 0 Å². The molecule has 0 aliphatic heterocycles. The molecule has 2 bridgehead atoms. The Morgan fingerprint density at radius 2 is 2.00 bits per heavy atom. The number of carbonyl (C=O) groups is 1. The van der Waals surface area contributed by atoms with Crippen LogP contribution in [0.3, 0.4) is 0 Å². The van der Waals surface area contributed by atoms with Crippen molar-refractivity contribution < 1.29 is 9.90 Å². The summed E-state index contributed by atoms with van der Waals surface area (Å²) in [6.07, 6.45) is 2.57. The molecule has 0 saturated heterocycles. The molecule has 3 N–H and O–H groups in total. The van der Waals surface area contributed by atoms with Gasteiger partial charge < -0.3 is 10.8 Å². The van der Waals surface area contributed by atoms with Crippen molar-refractivity contribution in [2.24, 2.45) is 17.6 Å². The van der Waals surface area contributed by atoms with Crippen molar-refractivity contribution in [2.75, 3.05) is 0 Å². The van der Waals surface area contributed by atoms with E-state index in [4.69, 9.17) is 10.8 Å². The highest BCUT2D eigenvalue weighted by atomic mass is 35.5. The number of halogens is 1. The van der Waals surface area contributed by atoms with Gasteiger partial charge in [0.1, 0.15) is 0 Å². The summed E-state index contributed by atoms with van der Waals surface area (Å²) in [5, 5.41) is 8.67.